The Kier molecular flexibility index (Phi) is 2.08. The summed E-state index contributed by atoms with van der Waals surface area (Å²) in [6.07, 6.45) is 0. The van der Waals surface area contributed by atoms with Crippen molar-refractivity contribution in [2.45, 2.75) is 19.1 Å². The molecule has 1 unspecified atom stereocenters. The van der Waals surface area contributed by atoms with Gasteiger partial charge in [0, 0.05) is 0 Å². The largest absolute Gasteiger partial charge is 0.468 e. The molecule has 2 rings (SSSR count). The quantitative estimate of drug-likeness (QED) is 0.520. The molecule has 1 aliphatic rings. The number of carbonyl (C=O) groups excluding carboxylic acids is 1. The van der Waals surface area contributed by atoms with Gasteiger partial charge in [0.15, 0.2) is 0 Å². The second kappa shape index (κ2) is 3.26. The third kappa shape index (κ3) is 1.31. The lowest BCUT2D eigenvalue weighted by Gasteiger charge is -2.21. The van der Waals surface area contributed by atoms with E-state index in [0.717, 1.165) is 0 Å². The molecule has 7 nitrogen and oxygen atoms in total. The van der Waals surface area contributed by atoms with Gasteiger partial charge in [-0.3, -0.25) is 14.7 Å². The van der Waals surface area contributed by atoms with Crippen molar-refractivity contribution in [1.82, 2.24) is 20.1 Å². The summed E-state index contributed by atoms with van der Waals surface area (Å²) in [6.45, 7) is 0.649. The number of hydrogen-bond acceptors (Lipinski definition) is 5. The fraction of sp³-hybridized carbons (Fsp3) is 0.571. The van der Waals surface area contributed by atoms with Gasteiger partial charge in [-0.1, -0.05) is 0 Å². The molecule has 0 aromatic carbocycles. The Morgan fingerprint density at radius 3 is 3.21 bits per heavy atom. The van der Waals surface area contributed by atoms with E-state index in [2.05, 4.69) is 20.3 Å². The Bertz CT molecular complexity index is 407. The summed E-state index contributed by atoms with van der Waals surface area (Å²) in [6, 6.07) is -0.470. The molecule has 76 valence electrons. The van der Waals surface area contributed by atoms with Crippen LogP contribution in [-0.4, -0.2) is 33.9 Å². The Hall–Kier alpha value is -1.63. The van der Waals surface area contributed by atoms with E-state index in [9.17, 15) is 9.59 Å². The Morgan fingerprint density at radius 2 is 2.50 bits per heavy atom. The van der Waals surface area contributed by atoms with Crippen LogP contribution in [0.25, 0.3) is 0 Å². The van der Waals surface area contributed by atoms with E-state index in [0.29, 0.717) is 12.4 Å². The normalized spacial score (nSPS) is 20.2. The van der Waals surface area contributed by atoms with Crippen LogP contribution in [0.2, 0.25) is 0 Å². The van der Waals surface area contributed by atoms with Crippen LogP contribution in [0.4, 0.5) is 0 Å². The summed E-state index contributed by atoms with van der Waals surface area (Å²) in [4.78, 5) is 22.4. The number of nitrogens with zero attached hydrogens (tertiary/aromatic N) is 2. The van der Waals surface area contributed by atoms with Crippen LogP contribution in [0.3, 0.4) is 0 Å². The molecule has 0 bridgehead atoms. The lowest BCUT2D eigenvalue weighted by Crippen LogP contribution is -2.47. The molecule has 2 N–H and O–H groups in total. The zero-order valence-corrected chi connectivity index (χ0v) is 7.61. The first-order valence-corrected chi connectivity index (χ1v) is 4.17. The predicted octanol–water partition coefficient (Wildman–Crippen LogP) is -1.78. The van der Waals surface area contributed by atoms with Crippen LogP contribution in [0.5, 0.6) is 0 Å². The average molecular weight is 198 g/mol. The summed E-state index contributed by atoms with van der Waals surface area (Å²) in [5.41, 5.74) is -0.296. The fourth-order valence-corrected chi connectivity index (χ4v) is 1.44. The van der Waals surface area contributed by atoms with Gasteiger partial charge < -0.3 is 4.74 Å². The van der Waals surface area contributed by atoms with Gasteiger partial charge >= 0.3 is 11.7 Å². The van der Waals surface area contributed by atoms with Gasteiger partial charge in [0.2, 0.25) is 0 Å². The first kappa shape index (κ1) is 8.95. The number of aromatic nitrogens is 3. The molecular weight excluding hydrogens is 188 g/mol. The van der Waals surface area contributed by atoms with Crippen molar-refractivity contribution in [3.8, 4) is 0 Å². The van der Waals surface area contributed by atoms with Crippen LogP contribution in [-0.2, 0) is 22.6 Å². The van der Waals surface area contributed by atoms with Crippen LogP contribution in [0.15, 0.2) is 4.79 Å². The molecule has 0 spiro atoms. The minimum atomic E-state index is -0.470. The van der Waals surface area contributed by atoms with Gasteiger partial charge in [-0.25, -0.2) is 9.89 Å². The molecule has 0 fully saturated rings. The first-order valence-electron chi connectivity index (χ1n) is 4.17. The van der Waals surface area contributed by atoms with E-state index < -0.39 is 6.04 Å². The average Bonchev–Trinajstić information content (AvgIpc) is 2.59. The summed E-state index contributed by atoms with van der Waals surface area (Å²) in [7, 11) is 1.32. The molecular formula is C7H10N4O3. The van der Waals surface area contributed by atoms with E-state index in [1.54, 1.807) is 0 Å². The van der Waals surface area contributed by atoms with Gasteiger partial charge in [-0.05, 0) is 0 Å². The highest BCUT2D eigenvalue weighted by Crippen LogP contribution is 2.03. The number of fused-ring (bicyclic) bond motifs is 1. The van der Waals surface area contributed by atoms with E-state index in [1.165, 1.54) is 11.7 Å². The molecule has 0 radical (unpaired) electrons. The number of rotatable bonds is 1. The van der Waals surface area contributed by atoms with Crippen molar-refractivity contribution in [3.05, 3.63) is 16.3 Å². The number of aromatic amines is 1. The highest BCUT2D eigenvalue weighted by atomic mass is 16.5. The first-order chi connectivity index (χ1) is 6.72. The minimum absolute atomic E-state index is 0.261. The van der Waals surface area contributed by atoms with Gasteiger partial charge in [0.1, 0.15) is 11.9 Å². The number of carbonyl (C=O) groups is 1. The van der Waals surface area contributed by atoms with Crippen molar-refractivity contribution in [3.63, 3.8) is 0 Å². The van der Waals surface area contributed by atoms with Crippen molar-refractivity contribution >= 4 is 5.97 Å². The topological polar surface area (TPSA) is 89.0 Å². The molecule has 1 aliphatic heterocycles. The summed E-state index contributed by atoms with van der Waals surface area (Å²) in [5, 5.41) is 9.03. The van der Waals surface area contributed by atoms with Gasteiger partial charge in [-0.15, -0.1) is 0 Å². The third-order valence-electron chi connectivity index (χ3n) is 2.19. The monoisotopic (exact) mass is 198 g/mol. The van der Waals surface area contributed by atoms with Crippen LogP contribution < -0.4 is 11.0 Å². The standard InChI is InChI=1S/C7H10N4O3/c1-14-6(12)4-3-11-5(2-8-4)9-10-7(11)13/h4,8H,2-3H2,1H3,(H,10,13). The van der Waals surface area contributed by atoms with E-state index in [4.69, 9.17) is 0 Å². The van der Waals surface area contributed by atoms with Crippen molar-refractivity contribution in [2.75, 3.05) is 7.11 Å². The van der Waals surface area contributed by atoms with Crippen LogP contribution in [0.1, 0.15) is 5.82 Å². The fourth-order valence-electron chi connectivity index (χ4n) is 1.44. The maximum Gasteiger partial charge on any atom is 0.343 e. The molecule has 7 heteroatoms. The lowest BCUT2D eigenvalue weighted by molar-refractivity contribution is -0.143. The van der Waals surface area contributed by atoms with Gasteiger partial charge in [-0.2, -0.15) is 5.10 Å². The molecule has 0 saturated carbocycles. The van der Waals surface area contributed by atoms with E-state index in [-0.39, 0.29) is 18.2 Å². The van der Waals surface area contributed by atoms with Crippen molar-refractivity contribution in [1.29, 1.82) is 0 Å². The zero-order valence-electron chi connectivity index (χ0n) is 7.61. The van der Waals surface area contributed by atoms with Crippen molar-refractivity contribution < 1.29 is 9.53 Å². The summed E-state index contributed by atoms with van der Waals surface area (Å²) in [5.74, 6) is 0.235. The number of H-pyrrole nitrogens is 1. The highest BCUT2D eigenvalue weighted by molar-refractivity contribution is 5.75. The van der Waals surface area contributed by atoms with Gasteiger partial charge in [0.05, 0.1) is 20.2 Å². The molecule has 1 aromatic heterocycles. The Morgan fingerprint density at radius 1 is 1.71 bits per heavy atom. The smallest absolute Gasteiger partial charge is 0.343 e. The molecule has 0 saturated heterocycles. The predicted molar refractivity (Wildman–Crippen MR) is 45.5 cm³/mol. The van der Waals surface area contributed by atoms with Crippen LogP contribution >= 0.6 is 0 Å². The lowest BCUT2D eigenvalue weighted by atomic mass is 10.2. The third-order valence-corrected chi connectivity index (χ3v) is 2.19. The SMILES string of the molecule is COC(=O)C1Cn2c(n[nH]c2=O)CN1. The summed E-state index contributed by atoms with van der Waals surface area (Å²) >= 11 is 0. The van der Waals surface area contributed by atoms with Crippen LogP contribution in [0, 0.1) is 0 Å². The van der Waals surface area contributed by atoms with E-state index in [1.807, 2.05) is 0 Å². The molecule has 0 aliphatic carbocycles. The Labute approximate surface area is 79.1 Å². The maximum absolute atomic E-state index is 11.2. The van der Waals surface area contributed by atoms with Gasteiger partial charge in [0.25, 0.3) is 0 Å². The molecule has 0 amide bonds. The molecule has 1 aromatic rings. The minimum Gasteiger partial charge on any atom is -0.468 e. The second-order valence-electron chi connectivity index (χ2n) is 3.01. The molecule has 1 atom stereocenters. The Balaban J connectivity index is 2.24. The molecule has 14 heavy (non-hydrogen) atoms. The number of nitrogens with one attached hydrogen (secondary N) is 2. The number of methoxy groups -OCH3 is 1. The maximum atomic E-state index is 11.2. The second-order valence-corrected chi connectivity index (χ2v) is 3.01. The number of esters is 1. The summed E-state index contributed by atoms with van der Waals surface area (Å²) < 4.78 is 6.00. The van der Waals surface area contributed by atoms with E-state index >= 15 is 0 Å². The highest BCUT2D eigenvalue weighted by Gasteiger charge is 2.26. The zero-order chi connectivity index (χ0) is 10.1. The number of hydrogen-bond donors (Lipinski definition) is 2. The van der Waals surface area contributed by atoms with Crippen molar-refractivity contribution in [2.24, 2.45) is 0 Å². The number of ether oxygens (including phenoxy) is 1. The molecule has 2 heterocycles.